The Morgan fingerprint density at radius 1 is 0.294 bits per heavy atom. The van der Waals surface area contributed by atoms with Gasteiger partial charge in [0.25, 0.3) is 0 Å². The summed E-state index contributed by atoms with van der Waals surface area (Å²) in [4.78, 5) is 72.7. The third-order valence-electron chi connectivity index (χ3n) is 14.9. The molecule has 0 amide bonds. The van der Waals surface area contributed by atoms with Crippen LogP contribution in [0.25, 0.3) is 0 Å². The van der Waals surface area contributed by atoms with Crippen molar-refractivity contribution >= 4 is 39.5 Å². The van der Waals surface area contributed by atoms with Gasteiger partial charge in [0.2, 0.25) is 0 Å². The molecular weight excluding hydrogens is 1330 g/mol. The molecule has 3 N–H and O–H groups in total. The summed E-state index contributed by atoms with van der Waals surface area (Å²) in [6.45, 7) is 4.22. The van der Waals surface area contributed by atoms with Crippen molar-refractivity contribution in [1.29, 1.82) is 0 Å². The second kappa shape index (κ2) is 73.5. The van der Waals surface area contributed by atoms with Gasteiger partial charge in [0.15, 0.2) is 12.2 Å². The Hall–Kier alpha value is -5.84. The lowest BCUT2D eigenvalue weighted by molar-refractivity contribution is -0.160. The number of esters is 4. The molecule has 0 aliphatic heterocycles. The molecule has 0 spiro atoms. The standard InChI is InChI=1S/C83H132O17P2/c1-5-9-13-17-21-25-29-33-36-37-38-39-42-45-48-52-56-60-64-68-81(86)94-74-79(100-83(88)70-66-62-58-54-50-46-41-35-31-27-23-19-15-11-7-3)76-98-102(91,92)96-72-77(84)71-95-101(89,90)97-75-78(99-82(87)69-65-61-57-53-49-43-32-28-24-20-16-12-8-4)73-93-80(85)67-63-59-55-51-47-44-40-34-30-26-22-18-14-10-6-2/h9-11,13-15,21-23,25-28,32-36,38-41,47,50-51,54,59,62-63,66,77-79,84H,5-8,12,16-20,24,29-31,37,42-46,48-49,52-53,55-58,60-61,64-65,67-76H2,1-4H3,(H,89,90)(H,91,92)/b13-9-,14-10-,15-11-,25-21-,26-22-,27-23-,32-28-,36-33-,39-38-,40-34-,41-35-,51-47-,54-50-,63-59-,66-62-. The smallest absolute Gasteiger partial charge is 0.462 e. The van der Waals surface area contributed by atoms with E-state index in [9.17, 15) is 43.2 Å². The fraction of sp³-hybridized carbons (Fsp3) is 0.590. The number of phosphoric acid groups is 2. The van der Waals surface area contributed by atoms with Crippen molar-refractivity contribution in [3.8, 4) is 0 Å². The van der Waals surface area contributed by atoms with Crippen molar-refractivity contribution in [1.82, 2.24) is 0 Å². The van der Waals surface area contributed by atoms with E-state index in [0.717, 1.165) is 154 Å². The van der Waals surface area contributed by atoms with Gasteiger partial charge in [-0.2, -0.15) is 0 Å². The summed E-state index contributed by atoms with van der Waals surface area (Å²) < 4.78 is 68.2. The number of carbonyl (C=O) groups excluding carboxylic acids is 4. The third kappa shape index (κ3) is 72.5. The maximum absolute atomic E-state index is 13.1. The van der Waals surface area contributed by atoms with E-state index >= 15 is 0 Å². The Balaban J connectivity index is 5.51. The molecule has 0 heterocycles. The van der Waals surface area contributed by atoms with Gasteiger partial charge in [-0.15, -0.1) is 0 Å². The highest BCUT2D eigenvalue weighted by atomic mass is 31.2. The second-order valence-corrected chi connectivity index (χ2v) is 27.4. The predicted molar refractivity (Wildman–Crippen MR) is 417 cm³/mol. The molecule has 19 heteroatoms. The Bertz CT molecular complexity index is 2650. The van der Waals surface area contributed by atoms with Crippen LogP contribution in [0.1, 0.15) is 259 Å². The zero-order chi connectivity index (χ0) is 74.6. The van der Waals surface area contributed by atoms with Gasteiger partial charge in [-0.3, -0.25) is 37.3 Å². The molecule has 0 aromatic rings. The summed E-state index contributed by atoms with van der Waals surface area (Å²) in [5.74, 6) is -2.52. The van der Waals surface area contributed by atoms with Crippen molar-refractivity contribution in [2.45, 2.75) is 277 Å². The highest BCUT2D eigenvalue weighted by Gasteiger charge is 2.30. The number of carbonyl (C=O) groups is 4. The largest absolute Gasteiger partial charge is 0.472 e. The van der Waals surface area contributed by atoms with Crippen LogP contribution in [0.5, 0.6) is 0 Å². The molecule has 17 nitrogen and oxygen atoms in total. The van der Waals surface area contributed by atoms with E-state index in [-0.39, 0.29) is 25.7 Å². The molecule has 0 aromatic heterocycles. The van der Waals surface area contributed by atoms with E-state index in [0.29, 0.717) is 25.7 Å². The van der Waals surface area contributed by atoms with E-state index in [1.165, 1.54) is 25.7 Å². The molecule has 0 saturated carbocycles. The normalized spacial score (nSPS) is 14.9. The quantitative estimate of drug-likeness (QED) is 0.0169. The number of allylic oxidation sites excluding steroid dienone is 28. The number of aliphatic hydroxyl groups excluding tert-OH is 1. The topological polar surface area (TPSA) is 237 Å². The fourth-order valence-electron chi connectivity index (χ4n) is 9.24. The van der Waals surface area contributed by atoms with Gasteiger partial charge in [-0.25, -0.2) is 9.13 Å². The van der Waals surface area contributed by atoms with E-state index in [1.807, 2.05) is 30.4 Å². The summed E-state index contributed by atoms with van der Waals surface area (Å²) in [5.41, 5.74) is 0. The second-order valence-electron chi connectivity index (χ2n) is 24.5. The minimum absolute atomic E-state index is 0.0565. The fourth-order valence-corrected chi connectivity index (χ4v) is 10.8. The van der Waals surface area contributed by atoms with Gasteiger partial charge in [-0.1, -0.05) is 274 Å². The average molecular weight is 1460 g/mol. The Morgan fingerprint density at radius 3 is 0.922 bits per heavy atom. The van der Waals surface area contributed by atoms with Crippen LogP contribution in [0.2, 0.25) is 0 Å². The van der Waals surface area contributed by atoms with Gasteiger partial charge in [-0.05, 0) is 141 Å². The number of hydrogen-bond acceptors (Lipinski definition) is 15. The Kier molecular flexibility index (Phi) is 69.3. The molecule has 102 heavy (non-hydrogen) atoms. The van der Waals surface area contributed by atoms with E-state index in [1.54, 1.807) is 18.2 Å². The number of hydrogen-bond donors (Lipinski definition) is 3. The van der Waals surface area contributed by atoms with Crippen molar-refractivity contribution in [2.75, 3.05) is 39.6 Å². The first-order valence-electron chi connectivity index (χ1n) is 38.0. The van der Waals surface area contributed by atoms with Crippen LogP contribution in [0.4, 0.5) is 0 Å². The van der Waals surface area contributed by atoms with Gasteiger partial charge >= 0.3 is 39.5 Å². The van der Waals surface area contributed by atoms with Crippen LogP contribution in [0, 0.1) is 0 Å². The van der Waals surface area contributed by atoms with Gasteiger partial charge in [0.05, 0.1) is 39.3 Å². The third-order valence-corrected chi connectivity index (χ3v) is 16.8. The predicted octanol–water partition coefficient (Wildman–Crippen LogP) is 22.0. The Morgan fingerprint density at radius 2 is 0.559 bits per heavy atom. The first-order valence-corrected chi connectivity index (χ1v) is 41.0. The monoisotopic (exact) mass is 1460 g/mol. The lowest BCUT2D eigenvalue weighted by Gasteiger charge is -2.21. The summed E-state index contributed by atoms with van der Waals surface area (Å²) in [7, 11) is -10.0. The molecule has 0 bridgehead atoms. The van der Waals surface area contributed by atoms with Gasteiger partial charge in [0, 0.05) is 12.8 Å². The van der Waals surface area contributed by atoms with Crippen molar-refractivity contribution < 1.29 is 80.2 Å². The highest BCUT2D eigenvalue weighted by molar-refractivity contribution is 7.47. The molecule has 0 aliphatic carbocycles. The minimum Gasteiger partial charge on any atom is -0.462 e. The summed E-state index contributed by atoms with van der Waals surface area (Å²) >= 11 is 0. The van der Waals surface area contributed by atoms with Crippen LogP contribution in [0.15, 0.2) is 182 Å². The molecule has 0 aliphatic rings. The maximum atomic E-state index is 13.1. The number of rotatable bonds is 69. The summed E-state index contributed by atoms with van der Waals surface area (Å²) in [5, 5.41) is 10.6. The zero-order valence-corrected chi connectivity index (χ0v) is 64.5. The summed E-state index contributed by atoms with van der Waals surface area (Å²) in [6.07, 6.45) is 88.1. The number of ether oxygens (including phenoxy) is 4. The van der Waals surface area contributed by atoms with Crippen LogP contribution in [0.3, 0.4) is 0 Å². The van der Waals surface area contributed by atoms with Crippen LogP contribution in [-0.4, -0.2) is 96.7 Å². The first-order chi connectivity index (χ1) is 49.7. The number of aliphatic hydroxyl groups is 1. The lowest BCUT2D eigenvalue weighted by Crippen LogP contribution is -2.30. The molecule has 0 fully saturated rings. The van der Waals surface area contributed by atoms with E-state index < -0.39 is 97.5 Å². The maximum Gasteiger partial charge on any atom is 0.472 e. The molecule has 0 aromatic carbocycles. The van der Waals surface area contributed by atoms with E-state index in [2.05, 4.69) is 161 Å². The van der Waals surface area contributed by atoms with Crippen molar-refractivity contribution in [3.63, 3.8) is 0 Å². The van der Waals surface area contributed by atoms with Crippen molar-refractivity contribution in [2.24, 2.45) is 0 Å². The minimum atomic E-state index is -5.02. The van der Waals surface area contributed by atoms with E-state index in [4.69, 9.17) is 37.0 Å². The number of phosphoric ester groups is 2. The average Bonchev–Trinajstić information content (AvgIpc) is 0.909. The van der Waals surface area contributed by atoms with Crippen molar-refractivity contribution in [3.05, 3.63) is 182 Å². The number of unbranched alkanes of at least 4 members (excludes halogenated alkanes) is 15. The van der Waals surface area contributed by atoms with Crippen LogP contribution in [-0.2, 0) is 65.4 Å². The SMILES string of the molecule is CC/C=C\C/C=C\C/C=C\C/C=C\C/C=C\CC(=O)OCC(COP(=O)(O)OCC(O)COP(=O)(O)OCC(COC(=O)CCCCCCCC/C=C\C/C=C\C/C=C\C/C=C\CC)OC(=O)C/C=C\C/C=C\C/C=C\C/C=C\C/C=C\CC)OC(=O)CCCCCCC/C=C\CCCCCC. The van der Waals surface area contributed by atoms with Gasteiger partial charge in [0.1, 0.15) is 19.3 Å². The highest BCUT2D eigenvalue weighted by Crippen LogP contribution is 2.45. The molecule has 5 atom stereocenters. The molecule has 0 saturated heterocycles. The molecule has 0 radical (unpaired) electrons. The summed E-state index contributed by atoms with van der Waals surface area (Å²) in [6, 6.07) is 0. The van der Waals surface area contributed by atoms with Crippen LogP contribution < -0.4 is 0 Å². The van der Waals surface area contributed by atoms with Crippen LogP contribution >= 0.6 is 15.6 Å². The molecule has 0 rings (SSSR count). The van der Waals surface area contributed by atoms with Gasteiger partial charge < -0.3 is 33.8 Å². The molecule has 576 valence electrons. The molecular formula is C83H132O17P2. The lowest BCUT2D eigenvalue weighted by atomic mass is 10.1. The zero-order valence-electron chi connectivity index (χ0n) is 62.7. The molecule has 5 unspecified atom stereocenters. The first kappa shape index (κ1) is 96.2. The Labute approximate surface area is 615 Å².